The topological polar surface area (TPSA) is 65.0 Å². The van der Waals surface area contributed by atoms with Gasteiger partial charge >= 0.3 is 0 Å². The summed E-state index contributed by atoms with van der Waals surface area (Å²) in [5.74, 6) is 1.95. The molecule has 182 valence electrons. The molecule has 0 bridgehead atoms. The van der Waals surface area contributed by atoms with Gasteiger partial charge in [0, 0.05) is 52.0 Å². The minimum atomic E-state index is -0.300. The van der Waals surface area contributed by atoms with E-state index >= 15 is 0 Å². The number of anilines is 1. The van der Waals surface area contributed by atoms with Gasteiger partial charge in [0.25, 0.3) is 0 Å². The minimum absolute atomic E-state index is 0. The fourth-order valence-electron chi connectivity index (χ4n) is 3.62. The maximum Gasteiger partial charge on any atom is 0.191 e. The van der Waals surface area contributed by atoms with Gasteiger partial charge in [-0.3, -0.25) is 4.99 Å². The fourth-order valence-corrected chi connectivity index (χ4v) is 3.62. The van der Waals surface area contributed by atoms with Crippen molar-refractivity contribution in [3.05, 3.63) is 54.0 Å². The highest BCUT2D eigenvalue weighted by Crippen LogP contribution is 2.15. The lowest BCUT2D eigenvalue weighted by Gasteiger charge is -2.34. The molecule has 0 amide bonds. The second-order valence-corrected chi connectivity index (χ2v) is 7.86. The van der Waals surface area contributed by atoms with Crippen LogP contribution in [0.25, 0.3) is 0 Å². The lowest BCUT2D eigenvalue weighted by molar-refractivity contribution is 0.199. The Morgan fingerprint density at radius 3 is 2.55 bits per heavy atom. The van der Waals surface area contributed by atoms with Crippen molar-refractivity contribution in [1.82, 2.24) is 20.5 Å². The number of hydrogen-bond donors (Lipinski definition) is 2. The maximum atomic E-state index is 13.4. The molecule has 1 aromatic heterocycles. The molecule has 1 atom stereocenters. The zero-order chi connectivity index (χ0) is 22.8. The highest BCUT2D eigenvalue weighted by atomic mass is 127. The molecule has 0 saturated carbocycles. The summed E-state index contributed by atoms with van der Waals surface area (Å²) in [6.07, 6.45) is 2.62. The molecule has 1 fully saturated rings. The monoisotopic (exact) mass is 570 g/mol. The quantitative estimate of drug-likeness (QED) is 0.274. The number of nitrogens with zero attached hydrogens (tertiary/aromatic N) is 4. The number of benzene rings is 1. The van der Waals surface area contributed by atoms with Crippen LogP contribution in [0.5, 0.6) is 5.75 Å². The molecule has 1 aromatic carbocycles. The molecule has 1 saturated heterocycles. The van der Waals surface area contributed by atoms with E-state index in [1.54, 1.807) is 19.2 Å². The molecule has 0 aliphatic carbocycles. The first-order chi connectivity index (χ1) is 15.6. The number of halogens is 2. The molecule has 2 aromatic rings. The third kappa shape index (κ3) is 8.62. The van der Waals surface area contributed by atoms with Crippen LogP contribution in [0.2, 0.25) is 0 Å². The summed E-state index contributed by atoms with van der Waals surface area (Å²) in [7, 11) is 1.74. The highest BCUT2D eigenvalue weighted by Gasteiger charge is 2.16. The van der Waals surface area contributed by atoms with Gasteiger partial charge in [-0.1, -0.05) is 26.0 Å². The van der Waals surface area contributed by atoms with Crippen LogP contribution in [-0.4, -0.2) is 68.3 Å². The van der Waals surface area contributed by atoms with Gasteiger partial charge in [-0.05, 0) is 36.7 Å². The SMILES string of the molecule is CCC(CNC(=NC)NCc1ccc(N2CCN(CC)CC2)nc1)Oc1cccc(F)c1.I. The van der Waals surface area contributed by atoms with Crippen molar-refractivity contribution < 1.29 is 9.13 Å². The molecule has 33 heavy (non-hydrogen) atoms. The molecule has 0 spiro atoms. The van der Waals surface area contributed by atoms with E-state index in [1.165, 1.54) is 12.1 Å². The lowest BCUT2D eigenvalue weighted by Crippen LogP contribution is -2.46. The lowest BCUT2D eigenvalue weighted by atomic mass is 10.2. The summed E-state index contributed by atoms with van der Waals surface area (Å²) in [6.45, 7) is 10.8. The van der Waals surface area contributed by atoms with Gasteiger partial charge in [0.2, 0.25) is 0 Å². The van der Waals surface area contributed by atoms with E-state index in [4.69, 9.17) is 4.74 Å². The second-order valence-electron chi connectivity index (χ2n) is 7.86. The number of aromatic nitrogens is 1. The third-order valence-corrected chi connectivity index (χ3v) is 5.69. The smallest absolute Gasteiger partial charge is 0.191 e. The van der Waals surface area contributed by atoms with E-state index in [2.05, 4.69) is 49.5 Å². The Morgan fingerprint density at radius 2 is 1.94 bits per heavy atom. The Morgan fingerprint density at radius 1 is 1.15 bits per heavy atom. The average molecular weight is 570 g/mol. The van der Waals surface area contributed by atoms with Gasteiger partial charge in [-0.25, -0.2) is 9.37 Å². The molecular formula is C24H36FIN6O. The number of hydrogen-bond acceptors (Lipinski definition) is 5. The zero-order valence-electron chi connectivity index (χ0n) is 19.8. The molecule has 3 rings (SSSR count). The molecule has 1 aliphatic rings. The van der Waals surface area contributed by atoms with E-state index in [1.807, 2.05) is 13.1 Å². The Hall–Kier alpha value is -2.14. The van der Waals surface area contributed by atoms with Crippen molar-refractivity contribution in [3.8, 4) is 5.75 Å². The van der Waals surface area contributed by atoms with E-state index in [0.717, 1.165) is 50.5 Å². The van der Waals surface area contributed by atoms with E-state index < -0.39 is 0 Å². The van der Waals surface area contributed by atoms with Gasteiger partial charge in [-0.15, -0.1) is 24.0 Å². The zero-order valence-corrected chi connectivity index (χ0v) is 22.1. The predicted octanol–water partition coefficient (Wildman–Crippen LogP) is 3.50. The second kappa shape index (κ2) is 14.2. The average Bonchev–Trinajstić information content (AvgIpc) is 2.83. The molecule has 1 aliphatic heterocycles. The van der Waals surface area contributed by atoms with Crippen molar-refractivity contribution in [2.45, 2.75) is 32.9 Å². The van der Waals surface area contributed by atoms with Gasteiger partial charge in [0.1, 0.15) is 23.5 Å². The largest absolute Gasteiger partial charge is 0.489 e. The summed E-state index contributed by atoms with van der Waals surface area (Å²) >= 11 is 0. The molecule has 9 heteroatoms. The first kappa shape index (κ1) is 27.1. The molecular weight excluding hydrogens is 534 g/mol. The van der Waals surface area contributed by atoms with Crippen molar-refractivity contribution >= 4 is 35.8 Å². The first-order valence-electron chi connectivity index (χ1n) is 11.4. The van der Waals surface area contributed by atoms with Crippen LogP contribution in [0.4, 0.5) is 10.2 Å². The normalized spacial score (nSPS) is 15.5. The highest BCUT2D eigenvalue weighted by molar-refractivity contribution is 14.0. The molecule has 2 N–H and O–H groups in total. The van der Waals surface area contributed by atoms with Crippen LogP contribution >= 0.6 is 24.0 Å². The summed E-state index contributed by atoms with van der Waals surface area (Å²) < 4.78 is 19.3. The first-order valence-corrected chi connectivity index (χ1v) is 11.4. The maximum absolute atomic E-state index is 13.4. The van der Waals surface area contributed by atoms with Crippen LogP contribution in [0.3, 0.4) is 0 Å². The number of aliphatic imine (C=N–C) groups is 1. The summed E-state index contributed by atoms with van der Waals surface area (Å²) in [5, 5.41) is 6.60. The van der Waals surface area contributed by atoms with E-state index in [9.17, 15) is 4.39 Å². The number of nitrogens with one attached hydrogen (secondary N) is 2. The number of piperazine rings is 1. The van der Waals surface area contributed by atoms with Gasteiger partial charge in [-0.2, -0.15) is 0 Å². The number of rotatable bonds is 9. The summed E-state index contributed by atoms with van der Waals surface area (Å²) in [4.78, 5) is 13.7. The van der Waals surface area contributed by atoms with Crippen LogP contribution < -0.4 is 20.3 Å². The summed E-state index contributed by atoms with van der Waals surface area (Å²) in [5.41, 5.74) is 1.09. The standard InChI is InChI=1S/C24H35FN6O.HI/c1-4-21(32-22-8-6-7-20(25)15-22)18-29-24(26-3)28-17-19-9-10-23(27-16-19)31-13-11-30(5-2)12-14-31;/h6-10,15-16,21H,4-5,11-14,17-18H2,1-3H3,(H2,26,28,29);1H. The van der Waals surface area contributed by atoms with Crippen molar-refractivity contribution in [3.63, 3.8) is 0 Å². The number of guanidine groups is 1. The van der Waals surface area contributed by atoms with Crippen LogP contribution in [0.1, 0.15) is 25.8 Å². The molecule has 1 unspecified atom stereocenters. The number of likely N-dealkylation sites (N-methyl/N-ethyl adjacent to an activating group) is 1. The number of pyridine rings is 1. The Labute approximate surface area is 213 Å². The fraction of sp³-hybridized carbons (Fsp3) is 0.500. The van der Waals surface area contributed by atoms with Crippen molar-refractivity contribution in [2.75, 3.05) is 51.2 Å². The van der Waals surface area contributed by atoms with E-state index in [0.29, 0.717) is 24.8 Å². The van der Waals surface area contributed by atoms with Crippen LogP contribution in [0, 0.1) is 5.82 Å². The van der Waals surface area contributed by atoms with Gasteiger partial charge in [0.15, 0.2) is 5.96 Å². The predicted molar refractivity (Wildman–Crippen MR) is 143 cm³/mol. The minimum Gasteiger partial charge on any atom is -0.489 e. The van der Waals surface area contributed by atoms with Crippen LogP contribution in [-0.2, 0) is 6.54 Å². The summed E-state index contributed by atoms with van der Waals surface area (Å²) in [6, 6.07) is 10.4. The molecule has 7 nitrogen and oxygen atoms in total. The van der Waals surface area contributed by atoms with E-state index in [-0.39, 0.29) is 35.9 Å². The van der Waals surface area contributed by atoms with Crippen molar-refractivity contribution in [1.29, 1.82) is 0 Å². The van der Waals surface area contributed by atoms with Gasteiger partial charge < -0.3 is 25.2 Å². The van der Waals surface area contributed by atoms with Crippen molar-refractivity contribution in [2.24, 2.45) is 4.99 Å². The molecule has 2 heterocycles. The Bertz CT molecular complexity index is 858. The molecule has 0 radical (unpaired) electrons. The van der Waals surface area contributed by atoms with Gasteiger partial charge in [0.05, 0.1) is 6.54 Å². The van der Waals surface area contributed by atoms with Crippen LogP contribution in [0.15, 0.2) is 47.6 Å². The third-order valence-electron chi connectivity index (χ3n) is 5.69. The Kier molecular flexibility index (Phi) is 11.7. The Balaban J connectivity index is 0.00000385. The number of ether oxygens (including phenoxy) is 1.